The quantitative estimate of drug-likeness (QED) is 0.689. The summed E-state index contributed by atoms with van der Waals surface area (Å²) in [6, 6.07) is 0.477. The smallest absolute Gasteiger partial charge is 0.0613 e. The van der Waals surface area contributed by atoms with Crippen LogP contribution in [0.1, 0.15) is 34.6 Å². The maximum atomic E-state index is 4.83. The fourth-order valence-corrected chi connectivity index (χ4v) is 0.333. The number of likely N-dealkylation sites (N-methyl/N-ethyl adjacent to an activating group) is 1. The zero-order valence-corrected chi connectivity index (χ0v) is 9.19. The van der Waals surface area contributed by atoms with Crippen molar-refractivity contribution < 1.29 is 4.74 Å². The first kappa shape index (κ1) is 17.1. The van der Waals surface area contributed by atoms with Gasteiger partial charge < -0.3 is 10.1 Å². The molecule has 11 heavy (non-hydrogen) atoms. The Hall–Kier alpha value is -0.0800. The summed E-state index contributed by atoms with van der Waals surface area (Å²) in [6.07, 6.45) is 0. The zero-order chi connectivity index (χ0) is 9.70. The fourth-order valence-electron chi connectivity index (χ4n) is 0.333. The number of nitrogens with one attached hydrogen (secondary N) is 1. The third-order valence-electron chi connectivity index (χ3n) is 0.909. The van der Waals surface area contributed by atoms with Gasteiger partial charge in [-0.15, -0.1) is 0 Å². The van der Waals surface area contributed by atoms with Gasteiger partial charge >= 0.3 is 0 Å². The summed E-state index contributed by atoms with van der Waals surface area (Å²) in [5.41, 5.74) is 0. The molecule has 0 aliphatic heterocycles. The molecule has 0 aromatic heterocycles. The van der Waals surface area contributed by atoms with Crippen molar-refractivity contribution in [2.75, 3.05) is 20.8 Å². The Kier molecular flexibility index (Phi) is 35.1. The van der Waals surface area contributed by atoms with Gasteiger partial charge in [0, 0.05) is 13.2 Å². The molecule has 0 aromatic rings. The number of hydrogen-bond acceptors (Lipinski definition) is 2. The summed E-state index contributed by atoms with van der Waals surface area (Å²) in [5.74, 6) is 0. The summed E-state index contributed by atoms with van der Waals surface area (Å²) in [7, 11) is 3.62. The van der Waals surface area contributed by atoms with Crippen LogP contribution in [-0.4, -0.2) is 26.8 Å². The van der Waals surface area contributed by atoms with Crippen LogP contribution in [0.3, 0.4) is 0 Å². The van der Waals surface area contributed by atoms with Crippen molar-refractivity contribution in [1.29, 1.82) is 0 Å². The Morgan fingerprint density at radius 1 is 1.18 bits per heavy atom. The van der Waals surface area contributed by atoms with E-state index in [1.54, 1.807) is 7.11 Å². The molecule has 0 aliphatic rings. The molecule has 1 atom stereocenters. The van der Waals surface area contributed by atoms with Gasteiger partial charge in [-0.05, 0) is 14.0 Å². The first-order chi connectivity index (χ1) is 5.31. The summed E-state index contributed by atoms with van der Waals surface area (Å²) in [4.78, 5) is 0. The van der Waals surface area contributed by atoms with Crippen LogP contribution in [0, 0.1) is 0 Å². The van der Waals surface area contributed by atoms with Crippen LogP contribution in [-0.2, 0) is 4.74 Å². The highest BCUT2D eigenvalue weighted by Gasteiger charge is 1.91. The van der Waals surface area contributed by atoms with Gasteiger partial charge in [0.2, 0.25) is 0 Å². The molecular weight excluding hydrogens is 138 g/mol. The van der Waals surface area contributed by atoms with Crippen LogP contribution >= 0.6 is 0 Å². The molecule has 0 rings (SSSR count). The number of methoxy groups -OCH3 is 1. The van der Waals surface area contributed by atoms with E-state index in [4.69, 9.17) is 4.74 Å². The minimum absolute atomic E-state index is 0.477. The molecule has 0 radical (unpaired) electrons. The van der Waals surface area contributed by atoms with Gasteiger partial charge in [-0.2, -0.15) is 0 Å². The van der Waals surface area contributed by atoms with Crippen molar-refractivity contribution in [3.63, 3.8) is 0 Å². The average molecular weight is 163 g/mol. The predicted octanol–water partition coefficient (Wildman–Crippen LogP) is 2.29. The topological polar surface area (TPSA) is 21.3 Å². The largest absolute Gasteiger partial charge is 0.383 e. The van der Waals surface area contributed by atoms with Crippen molar-refractivity contribution in [2.45, 2.75) is 40.7 Å². The maximum absolute atomic E-state index is 4.83. The molecule has 0 aliphatic carbocycles. The average Bonchev–Trinajstić information content (AvgIpc) is 2.12. The highest BCUT2D eigenvalue weighted by molar-refractivity contribution is 4.51. The van der Waals surface area contributed by atoms with E-state index >= 15 is 0 Å². The van der Waals surface area contributed by atoms with Crippen molar-refractivity contribution in [2.24, 2.45) is 0 Å². The minimum atomic E-state index is 0.477. The lowest BCUT2D eigenvalue weighted by atomic mass is 10.4. The Balaban J connectivity index is -0.000000138. The molecule has 2 heteroatoms. The van der Waals surface area contributed by atoms with Gasteiger partial charge in [-0.1, -0.05) is 27.7 Å². The lowest BCUT2D eigenvalue weighted by molar-refractivity contribution is 0.175. The van der Waals surface area contributed by atoms with E-state index in [1.807, 2.05) is 34.7 Å². The molecule has 1 unspecified atom stereocenters. The maximum Gasteiger partial charge on any atom is 0.0613 e. The molecule has 0 saturated heterocycles. The minimum Gasteiger partial charge on any atom is -0.383 e. The van der Waals surface area contributed by atoms with Crippen LogP contribution in [0.25, 0.3) is 0 Å². The van der Waals surface area contributed by atoms with Crippen molar-refractivity contribution in [1.82, 2.24) is 5.32 Å². The standard InChI is InChI=1S/C5H13NO.2C2H6/c1-5(6-2)4-7-3;2*1-2/h5-6H,4H2,1-3H3;2*1-2H3. The lowest BCUT2D eigenvalue weighted by Crippen LogP contribution is -2.25. The third kappa shape index (κ3) is 25.7. The van der Waals surface area contributed by atoms with Crippen molar-refractivity contribution >= 4 is 0 Å². The fraction of sp³-hybridized carbons (Fsp3) is 1.00. The second kappa shape index (κ2) is 22.5. The van der Waals surface area contributed by atoms with Gasteiger partial charge in [-0.3, -0.25) is 0 Å². The molecule has 1 N–H and O–H groups in total. The molecular formula is C9H25NO. The molecule has 2 nitrogen and oxygen atoms in total. The summed E-state index contributed by atoms with van der Waals surface area (Å²) in [6.45, 7) is 10.9. The first-order valence-corrected chi connectivity index (χ1v) is 4.47. The Bertz CT molecular complexity index is 40.5. The van der Waals surface area contributed by atoms with Crippen LogP contribution in [0.5, 0.6) is 0 Å². The molecule has 0 aromatic carbocycles. The molecule has 0 spiro atoms. The van der Waals surface area contributed by atoms with Gasteiger partial charge in [-0.25, -0.2) is 0 Å². The summed E-state index contributed by atoms with van der Waals surface area (Å²) < 4.78 is 4.83. The molecule has 0 amide bonds. The normalized spacial score (nSPS) is 10.1. The van der Waals surface area contributed by atoms with E-state index in [0.29, 0.717) is 6.04 Å². The summed E-state index contributed by atoms with van der Waals surface area (Å²) in [5, 5.41) is 3.04. The third-order valence-corrected chi connectivity index (χ3v) is 0.909. The van der Waals surface area contributed by atoms with Crippen molar-refractivity contribution in [3.05, 3.63) is 0 Å². The molecule has 0 bridgehead atoms. The number of ether oxygens (including phenoxy) is 1. The van der Waals surface area contributed by atoms with E-state index < -0.39 is 0 Å². The van der Waals surface area contributed by atoms with Crippen LogP contribution in [0.4, 0.5) is 0 Å². The van der Waals surface area contributed by atoms with Crippen molar-refractivity contribution in [3.8, 4) is 0 Å². The highest BCUT2D eigenvalue weighted by Crippen LogP contribution is 1.76. The predicted molar refractivity (Wildman–Crippen MR) is 53.1 cm³/mol. The lowest BCUT2D eigenvalue weighted by Gasteiger charge is -2.05. The molecule has 72 valence electrons. The van der Waals surface area contributed by atoms with E-state index in [-0.39, 0.29) is 0 Å². The molecule has 0 heterocycles. The molecule has 0 saturated carbocycles. The van der Waals surface area contributed by atoms with Crippen LogP contribution < -0.4 is 5.32 Å². The van der Waals surface area contributed by atoms with E-state index in [1.165, 1.54) is 0 Å². The monoisotopic (exact) mass is 163 g/mol. The van der Waals surface area contributed by atoms with Gasteiger partial charge in [0.25, 0.3) is 0 Å². The highest BCUT2D eigenvalue weighted by atomic mass is 16.5. The zero-order valence-electron chi connectivity index (χ0n) is 9.19. The second-order valence-electron chi connectivity index (χ2n) is 1.65. The van der Waals surface area contributed by atoms with Gasteiger partial charge in [0.05, 0.1) is 6.61 Å². The van der Waals surface area contributed by atoms with Gasteiger partial charge in [0.15, 0.2) is 0 Å². The summed E-state index contributed by atoms with van der Waals surface area (Å²) >= 11 is 0. The van der Waals surface area contributed by atoms with Gasteiger partial charge in [0.1, 0.15) is 0 Å². The Morgan fingerprint density at radius 2 is 1.55 bits per heavy atom. The SMILES string of the molecule is CC.CC.CNC(C)COC. The van der Waals surface area contributed by atoms with E-state index in [2.05, 4.69) is 12.2 Å². The Labute approximate surface area is 72.3 Å². The van der Waals surface area contributed by atoms with Crippen LogP contribution in [0.2, 0.25) is 0 Å². The van der Waals surface area contributed by atoms with Crippen LogP contribution in [0.15, 0.2) is 0 Å². The van der Waals surface area contributed by atoms with E-state index in [9.17, 15) is 0 Å². The number of rotatable bonds is 3. The number of hydrogen-bond donors (Lipinski definition) is 1. The first-order valence-electron chi connectivity index (χ1n) is 4.47. The second-order valence-corrected chi connectivity index (χ2v) is 1.65. The van der Waals surface area contributed by atoms with E-state index in [0.717, 1.165) is 6.61 Å². The molecule has 0 fully saturated rings. The Morgan fingerprint density at radius 3 is 1.64 bits per heavy atom.